The van der Waals surface area contributed by atoms with E-state index in [1.165, 1.54) is 0 Å². The van der Waals surface area contributed by atoms with Crippen LogP contribution in [0.4, 0.5) is 5.69 Å². The van der Waals surface area contributed by atoms with Gasteiger partial charge in [0.25, 0.3) is 5.91 Å². The Morgan fingerprint density at radius 2 is 2.00 bits per heavy atom. The summed E-state index contributed by atoms with van der Waals surface area (Å²) in [7, 11) is 1.84. The van der Waals surface area contributed by atoms with Gasteiger partial charge in [0.05, 0.1) is 33.5 Å². The van der Waals surface area contributed by atoms with E-state index < -0.39 is 0 Å². The van der Waals surface area contributed by atoms with Crippen LogP contribution in [0.3, 0.4) is 0 Å². The average Bonchev–Trinajstić information content (AvgIpc) is 3.51. The van der Waals surface area contributed by atoms with E-state index in [2.05, 4.69) is 15.4 Å². The molecule has 0 spiro atoms. The topological polar surface area (TPSA) is 77.6 Å². The van der Waals surface area contributed by atoms with Crippen LogP contribution in [0.15, 0.2) is 66.6 Å². The smallest absolute Gasteiger partial charge is 0.256 e. The zero-order valence-corrected chi connectivity index (χ0v) is 17.2. The minimum absolute atomic E-state index is 0.188. The van der Waals surface area contributed by atoms with E-state index in [0.717, 1.165) is 27.3 Å². The molecular formula is C22H18N6OS. The minimum atomic E-state index is -0.188. The number of aryl methyl sites for hydroxylation is 2. The average molecular weight is 414 g/mol. The van der Waals surface area contributed by atoms with E-state index in [9.17, 15) is 4.79 Å². The number of benzene rings is 1. The highest BCUT2D eigenvalue weighted by atomic mass is 32.1. The maximum absolute atomic E-state index is 13.2. The van der Waals surface area contributed by atoms with Gasteiger partial charge in [0, 0.05) is 30.8 Å². The summed E-state index contributed by atoms with van der Waals surface area (Å²) in [6.07, 6.45) is 5.34. The number of anilines is 1. The summed E-state index contributed by atoms with van der Waals surface area (Å²) in [5.41, 5.74) is 4.49. The molecule has 5 rings (SSSR count). The number of hydrogen-bond acceptors (Lipinski definition) is 5. The van der Waals surface area contributed by atoms with Gasteiger partial charge in [0.1, 0.15) is 0 Å². The third kappa shape index (κ3) is 3.17. The molecular weight excluding hydrogens is 396 g/mol. The predicted octanol–water partition coefficient (Wildman–Crippen LogP) is 4.44. The first-order chi connectivity index (χ1) is 14.6. The number of aromatic nitrogens is 5. The highest BCUT2D eigenvalue weighted by Gasteiger charge is 2.19. The normalized spacial score (nSPS) is 11.1. The van der Waals surface area contributed by atoms with Crippen LogP contribution in [0.25, 0.3) is 27.3 Å². The van der Waals surface area contributed by atoms with Gasteiger partial charge in [-0.25, -0.2) is 9.97 Å². The van der Waals surface area contributed by atoms with Gasteiger partial charge in [-0.15, -0.1) is 11.3 Å². The minimum Gasteiger partial charge on any atom is -0.322 e. The molecule has 0 unspecified atom stereocenters. The lowest BCUT2D eigenvalue weighted by Crippen LogP contribution is -2.13. The van der Waals surface area contributed by atoms with Crippen molar-refractivity contribution in [1.82, 2.24) is 24.3 Å². The van der Waals surface area contributed by atoms with Gasteiger partial charge in [0.2, 0.25) is 0 Å². The van der Waals surface area contributed by atoms with Crippen molar-refractivity contribution in [1.29, 1.82) is 0 Å². The molecule has 0 fully saturated rings. The Labute approximate surface area is 176 Å². The Morgan fingerprint density at radius 1 is 1.17 bits per heavy atom. The van der Waals surface area contributed by atoms with Gasteiger partial charge in [-0.1, -0.05) is 6.07 Å². The summed E-state index contributed by atoms with van der Waals surface area (Å²) in [6.45, 7) is 1.89. The summed E-state index contributed by atoms with van der Waals surface area (Å²) in [5, 5.41) is 10.2. The quantitative estimate of drug-likeness (QED) is 0.472. The fourth-order valence-electron chi connectivity index (χ4n) is 3.50. The molecule has 30 heavy (non-hydrogen) atoms. The lowest BCUT2D eigenvalue weighted by atomic mass is 10.1. The highest BCUT2D eigenvalue weighted by Crippen LogP contribution is 2.29. The van der Waals surface area contributed by atoms with E-state index >= 15 is 0 Å². The number of carbonyl (C=O) groups is 1. The van der Waals surface area contributed by atoms with Gasteiger partial charge in [0.15, 0.2) is 5.65 Å². The predicted molar refractivity (Wildman–Crippen MR) is 118 cm³/mol. The number of pyridine rings is 1. The number of fused-ring (bicyclic) bond motifs is 1. The number of nitrogens with zero attached hydrogens (tertiary/aromatic N) is 5. The van der Waals surface area contributed by atoms with Gasteiger partial charge in [-0.05, 0) is 48.7 Å². The molecule has 0 aliphatic heterocycles. The molecule has 0 saturated carbocycles. The largest absolute Gasteiger partial charge is 0.322 e. The standard InChI is InChI=1S/C22H18N6OS/c1-14-20-17(12-18(19-4-3-11-30-19)25-21(20)27(2)26-14)22(29)24-15-5-7-16(8-6-15)28-10-9-23-13-28/h3-13H,1-2H3,(H,24,29). The first kappa shape index (κ1) is 18.3. The molecule has 8 heteroatoms. The van der Waals surface area contributed by atoms with E-state index in [1.807, 2.05) is 72.6 Å². The summed E-state index contributed by atoms with van der Waals surface area (Å²) in [6, 6.07) is 13.4. The van der Waals surface area contributed by atoms with Crippen molar-refractivity contribution in [3.8, 4) is 16.3 Å². The van der Waals surface area contributed by atoms with E-state index in [4.69, 9.17) is 4.98 Å². The molecule has 0 aliphatic carbocycles. The SMILES string of the molecule is Cc1nn(C)c2nc(-c3cccs3)cc(C(=O)Nc3ccc(-n4ccnc4)cc3)c12. The highest BCUT2D eigenvalue weighted by molar-refractivity contribution is 7.13. The summed E-state index contributed by atoms with van der Waals surface area (Å²) >= 11 is 1.59. The fraction of sp³-hybridized carbons (Fsp3) is 0.0909. The van der Waals surface area contributed by atoms with Crippen molar-refractivity contribution in [3.05, 3.63) is 77.8 Å². The molecule has 7 nitrogen and oxygen atoms in total. The summed E-state index contributed by atoms with van der Waals surface area (Å²) in [4.78, 5) is 23.1. The van der Waals surface area contributed by atoms with Crippen LogP contribution < -0.4 is 5.32 Å². The molecule has 0 radical (unpaired) electrons. The van der Waals surface area contributed by atoms with Crippen LogP contribution in [0.2, 0.25) is 0 Å². The first-order valence-electron chi connectivity index (χ1n) is 9.38. The number of nitrogens with one attached hydrogen (secondary N) is 1. The van der Waals surface area contributed by atoms with Crippen LogP contribution in [0, 0.1) is 6.92 Å². The van der Waals surface area contributed by atoms with Crippen LogP contribution in [0.5, 0.6) is 0 Å². The van der Waals surface area contributed by atoms with Crippen LogP contribution >= 0.6 is 11.3 Å². The Morgan fingerprint density at radius 3 is 2.70 bits per heavy atom. The molecule has 5 aromatic rings. The molecule has 1 amide bonds. The van der Waals surface area contributed by atoms with Crippen LogP contribution in [-0.2, 0) is 7.05 Å². The molecule has 0 bridgehead atoms. The Hall–Kier alpha value is -3.78. The lowest BCUT2D eigenvalue weighted by Gasteiger charge is -2.10. The van der Waals surface area contributed by atoms with Crippen molar-refractivity contribution >= 4 is 34.0 Å². The number of imidazole rings is 1. The Bertz CT molecular complexity index is 1340. The lowest BCUT2D eigenvalue weighted by molar-refractivity contribution is 0.102. The maximum atomic E-state index is 13.2. The second-order valence-corrected chi connectivity index (χ2v) is 7.86. The molecule has 0 aliphatic rings. The monoisotopic (exact) mass is 414 g/mol. The Kier molecular flexibility index (Phi) is 4.40. The molecule has 0 saturated heterocycles. The number of thiophene rings is 1. The van der Waals surface area contributed by atoms with Gasteiger partial charge in [-0.3, -0.25) is 9.48 Å². The van der Waals surface area contributed by atoms with Crippen molar-refractivity contribution < 1.29 is 4.79 Å². The van der Waals surface area contributed by atoms with Crippen molar-refractivity contribution in [2.75, 3.05) is 5.32 Å². The third-order valence-electron chi connectivity index (χ3n) is 4.91. The zero-order chi connectivity index (χ0) is 20.7. The molecule has 4 aromatic heterocycles. The summed E-state index contributed by atoms with van der Waals surface area (Å²) in [5.74, 6) is -0.188. The van der Waals surface area contributed by atoms with Crippen LogP contribution in [-0.4, -0.2) is 30.2 Å². The van der Waals surface area contributed by atoms with Crippen LogP contribution in [0.1, 0.15) is 16.1 Å². The molecule has 0 atom stereocenters. The third-order valence-corrected chi connectivity index (χ3v) is 5.81. The first-order valence-corrected chi connectivity index (χ1v) is 10.3. The second kappa shape index (κ2) is 7.23. The number of carbonyl (C=O) groups excluding carboxylic acids is 1. The molecule has 1 N–H and O–H groups in total. The van der Waals surface area contributed by atoms with E-state index in [1.54, 1.807) is 28.5 Å². The Balaban J connectivity index is 1.52. The fourth-order valence-corrected chi connectivity index (χ4v) is 4.19. The van der Waals surface area contributed by atoms with Gasteiger partial charge < -0.3 is 9.88 Å². The number of rotatable bonds is 4. The van der Waals surface area contributed by atoms with Gasteiger partial charge >= 0.3 is 0 Å². The number of hydrogen-bond donors (Lipinski definition) is 1. The second-order valence-electron chi connectivity index (χ2n) is 6.91. The van der Waals surface area contributed by atoms with Crippen molar-refractivity contribution in [2.45, 2.75) is 6.92 Å². The molecule has 148 valence electrons. The van der Waals surface area contributed by atoms with E-state index in [0.29, 0.717) is 16.9 Å². The molecule has 4 heterocycles. The maximum Gasteiger partial charge on any atom is 0.256 e. The van der Waals surface area contributed by atoms with E-state index in [-0.39, 0.29) is 5.91 Å². The number of amides is 1. The zero-order valence-electron chi connectivity index (χ0n) is 16.4. The van der Waals surface area contributed by atoms with Crippen molar-refractivity contribution in [3.63, 3.8) is 0 Å². The van der Waals surface area contributed by atoms with Gasteiger partial charge in [-0.2, -0.15) is 5.10 Å². The summed E-state index contributed by atoms with van der Waals surface area (Å²) < 4.78 is 3.63. The molecule has 1 aromatic carbocycles. The van der Waals surface area contributed by atoms with Crippen molar-refractivity contribution in [2.24, 2.45) is 7.05 Å².